The molecule has 0 bridgehead atoms. The number of likely N-dealkylation sites (tertiary alicyclic amines) is 1. The van der Waals surface area contributed by atoms with Gasteiger partial charge >= 0.3 is 0 Å². The van der Waals surface area contributed by atoms with E-state index in [1.807, 2.05) is 33.0 Å². The van der Waals surface area contributed by atoms with E-state index in [1.54, 1.807) is 19.0 Å². The van der Waals surface area contributed by atoms with E-state index in [9.17, 15) is 4.79 Å². The van der Waals surface area contributed by atoms with Crippen molar-refractivity contribution in [3.8, 4) is 0 Å². The van der Waals surface area contributed by atoms with Crippen LogP contribution in [0.2, 0.25) is 0 Å². The fourth-order valence-electron chi connectivity index (χ4n) is 3.03. The maximum Gasteiger partial charge on any atom is 0.221 e. The van der Waals surface area contributed by atoms with Crippen LogP contribution in [0.1, 0.15) is 58.8 Å². The van der Waals surface area contributed by atoms with Crippen LogP contribution in [0, 0.1) is 5.92 Å². The van der Waals surface area contributed by atoms with Crippen molar-refractivity contribution >= 4 is 5.91 Å². The van der Waals surface area contributed by atoms with E-state index < -0.39 is 0 Å². The molecule has 0 aromatic rings. The second kappa shape index (κ2) is 12.8. The lowest BCUT2D eigenvalue weighted by Crippen LogP contribution is -2.35. The molecule has 1 amide bonds. The minimum atomic E-state index is 0.181. The minimum absolute atomic E-state index is 0.181. The average molecular weight is 328 g/mol. The van der Waals surface area contributed by atoms with E-state index in [4.69, 9.17) is 0 Å². The van der Waals surface area contributed by atoms with Crippen molar-refractivity contribution in [1.29, 1.82) is 0 Å². The van der Waals surface area contributed by atoms with Crippen molar-refractivity contribution in [3.05, 3.63) is 0 Å². The molecule has 23 heavy (non-hydrogen) atoms. The Morgan fingerprint density at radius 2 is 1.39 bits per heavy atom. The van der Waals surface area contributed by atoms with Crippen LogP contribution in [0.15, 0.2) is 0 Å². The number of carbonyl (C=O) groups excluding carboxylic acids is 1. The first-order chi connectivity index (χ1) is 10.8. The molecule has 2 fully saturated rings. The lowest BCUT2D eigenvalue weighted by Gasteiger charge is -2.33. The fourth-order valence-corrected chi connectivity index (χ4v) is 3.03. The zero-order chi connectivity index (χ0) is 17.8. The van der Waals surface area contributed by atoms with Crippen LogP contribution >= 0.6 is 0 Å². The topological polar surface area (TPSA) is 26.8 Å². The van der Waals surface area contributed by atoms with Gasteiger partial charge in [0.2, 0.25) is 5.91 Å². The highest BCUT2D eigenvalue weighted by atomic mass is 16.2. The molecule has 138 valence electrons. The summed E-state index contributed by atoms with van der Waals surface area (Å²) in [6.45, 7) is 7.03. The molecule has 1 saturated heterocycles. The highest BCUT2D eigenvalue weighted by Crippen LogP contribution is 2.28. The van der Waals surface area contributed by atoms with Gasteiger partial charge < -0.3 is 14.7 Å². The molecular formula is C19H41N3O. The van der Waals surface area contributed by atoms with Crippen molar-refractivity contribution < 1.29 is 4.79 Å². The molecule has 0 unspecified atom stereocenters. The fraction of sp³-hybridized carbons (Fsp3) is 0.947. The molecule has 2 rings (SSSR count). The molecule has 0 aromatic carbocycles. The van der Waals surface area contributed by atoms with Crippen LogP contribution in [0.3, 0.4) is 0 Å². The molecule has 1 aliphatic heterocycles. The third-order valence-electron chi connectivity index (χ3n) is 4.44. The van der Waals surface area contributed by atoms with Gasteiger partial charge in [-0.15, -0.1) is 0 Å². The van der Waals surface area contributed by atoms with Crippen LogP contribution < -0.4 is 0 Å². The molecular weight excluding hydrogens is 286 g/mol. The highest BCUT2D eigenvalue weighted by molar-refractivity contribution is 5.75. The van der Waals surface area contributed by atoms with Gasteiger partial charge in [-0.3, -0.25) is 4.79 Å². The summed E-state index contributed by atoms with van der Waals surface area (Å²) in [5.41, 5.74) is 0. The summed E-state index contributed by atoms with van der Waals surface area (Å²) in [6.07, 6.45) is 9.40. The van der Waals surface area contributed by atoms with E-state index in [0.29, 0.717) is 6.42 Å². The van der Waals surface area contributed by atoms with Gasteiger partial charge in [0.25, 0.3) is 0 Å². The van der Waals surface area contributed by atoms with Gasteiger partial charge in [-0.2, -0.15) is 0 Å². The Morgan fingerprint density at radius 1 is 0.957 bits per heavy atom. The Bertz CT molecular complexity index is 288. The lowest BCUT2D eigenvalue weighted by atomic mass is 9.87. The van der Waals surface area contributed by atoms with Crippen LogP contribution in [-0.2, 0) is 4.79 Å². The molecule has 4 heteroatoms. The minimum Gasteiger partial charge on any atom is -0.349 e. The number of hydrogen-bond donors (Lipinski definition) is 0. The molecule has 1 saturated carbocycles. The van der Waals surface area contributed by atoms with Crippen LogP contribution in [0.5, 0.6) is 0 Å². The van der Waals surface area contributed by atoms with E-state index in [1.165, 1.54) is 51.6 Å². The number of nitrogens with zero attached hydrogens (tertiary/aromatic N) is 3. The average Bonchev–Trinajstić information content (AvgIpc) is 3.01. The quantitative estimate of drug-likeness (QED) is 0.778. The summed E-state index contributed by atoms with van der Waals surface area (Å²) in [4.78, 5) is 16.7. The maximum absolute atomic E-state index is 10.4. The van der Waals surface area contributed by atoms with Crippen molar-refractivity contribution in [2.75, 3.05) is 48.3 Å². The molecule has 0 aromatic heterocycles. The van der Waals surface area contributed by atoms with E-state index in [-0.39, 0.29) is 5.91 Å². The van der Waals surface area contributed by atoms with Crippen molar-refractivity contribution in [3.63, 3.8) is 0 Å². The van der Waals surface area contributed by atoms with Crippen molar-refractivity contribution in [2.45, 2.75) is 64.8 Å². The Balaban J connectivity index is 0.000000377. The first-order valence-electron chi connectivity index (χ1n) is 9.33. The Morgan fingerprint density at radius 3 is 1.70 bits per heavy atom. The summed E-state index contributed by atoms with van der Waals surface area (Å²) in [6, 6.07) is 0.962. The second-order valence-electron chi connectivity index (χ2n) is 7.64. The summed E-state index contributed by atoms with van der Waals surface area (Å²) < 4.78 is 0. The lowest BCUT2D eigenvalue weighted by molar-refractivity contribution is -0.128. The molecule has 0 radical (unpaired) electrons. The molecule has 0 N–H and O–H groups in total. The summed E-state index contributed by atoms with van der Waals surface area (Å²) >= 11 is 0. The van der Waals surface area contributed by atoms with Crippen molar-refractivity contribution in [2.24, 2.45) is 5.92 Å². The molecule has 1 heterocycles. The van der Waals surface area contributed by atoms with Gasteiger partial charge in [-0.1, -0.05) is 13.8 Å². The number of rotatable bonds is 2. The molecule has 2 aliphatic rings. The predicted molar refractivity (Wildman–Crippen MR) is 101 cm³/mol. The Kier molecular flexibility index (Phi) is 12.4. The third-order valence-corrected chi connectivity index (χ3v) is 4.44. The number of hydrogen-bond acceptors (Lipinski definition) is 3. The summed E-state index contributed by atoms with van der Waals surface area (Å²) in [7, 11) is 9.51. The van der Waals surface area contributed by atoms with Gasteiger partial charge in [0.15, 0.2) is 0 Å². The zero-order valence-corrected chi connectivity index (χ0v) is 16.8. The predicted octanol–water partition coefficient (Wildman–Crippen LogP) is 3.32. The molecule has 4 nitrogen and oxygen atoms in total. The van der Waals surface area contributed by atoms with Crippen LogP contribution in [0.4, 0.5) is 0 Å². The van der Waals surface area contributed by atoms with Crippen molar-refractivity contribution in [1.82, 2.24) is 14.7 Å². The van der Waals surface area contributed by atoms with Gasteiger partial charge in [0, 0.05) is 26.6 Å². The summed E-state index contributed by atoms with van der Waals surface area (Å²) in [5, 5.41) is 0. The largest absolute Gasteiger partial charge is 0.349 e. The Hall–Kier alpha value is -0.610. The number of carbonyl (C=O) groups is 1. The highest BCUT2D eigenvalue weighted by Gasteiger charge is 2.25. The number of amides is 1. The third kappa shape index (κ3) is 11.5. The first-order valence-corrected chi connectivity index (χ1v) is 9.33. The van der Waals surface area contributed by atoms with E-state index >= 15 is 0 Å². The smallest absolute Gasteiger partial charge is 0.221 e. The maximum atomic E-state index is 10.4. The molecule has 0 spiro atoms. The van der Waals surface area contributed by atoms with Crippen LogP contribution in [-0.4, -0.2) is 75.0 Å². The van der Waals surface area contributed by atoms with Gasteiger partial charge in [-0.05, 0) is 78.7 Å². The SMILES string of the molecule is CC1CCC(N2CCCC2)CC1.CCC(=O)N(C)C.CN(C)C. The van der Waals surface area contributed by atoms with Gasteiger partial charge in [0.05, 0.1) is 0 Å². The van der Waals surface area contributed by atoms with E-state index in [0.717, 1.165) is 12.0 Å². The summed E-state index contributed by atoms with van der Waals surface area (Å²) in [5.74, 6) is 1.18. The molecule has 0 atom stereocenters. The zero-order valence-electron chi connectivity index (χ0n) is 16.8. The second-order valence-corrected chi connectivity index (χ2v) is 7.64. The Labute approximate surface area is 145 Å². The van der Waals surface area contributed by atoms with Gasteiger partial charge in [-0.25, -0.2) is 0 Å². The molecule has 1 aliphatic carbocycles. The monoisotopic (exact) mass is 327 g/mol. The normalized spacial score (nSPS) is 24.3. The first kappa shape index (κ1) is 22.4. The van der Waals surface area contributed by atoms with Gasteiger partial charge in [0.1, 0.15) is 0 Å². The standard InChI is InChI=1S/C11H21N.C5H11NO.C3H9N/c1-10-4-6-11(7-5-10)12-8-2-3-9-12;1-4-5(7)6(2)3;1-4(2)3/h10-11H,2-9H2,1H3;4H2,1-3H3;1-3H3. The van der Waals surface area contributed by atoms with E-state index in [2.05, 4.69) is 11.8 Å². The van der Waals surface area contributed by atoms with Crippen LogP contribution in [0.25, 0.3) is 0 Å².